The fourth-order valence-corrected chi connectivity index (χ4v) is 3.86. The minimum Gasteiger partial charge on any atom is -0.491 e. The molecule has 33 heavy (non-hydrogen) atoms. The summed E-state index contributed by atoms with van der Waals surface area (Å²) in [5, 5.41) is 0.304. The summed E-state index contributed by atoms with van der Waals surface area (Å²) in [4.78, 5) is 3.95. The van der Waals surface area contributed by atoms with Gasteiger partial charge in [-0.25, -0.2) is 0 Å². The highest BCUT2D eigenvalue weighted by molar-refractivity contribution is 5.94. The van der Waals surface area contributed by atoms with Crippen LogP contribution in [0.3, 0.4) is 0 Å². The summed E-state index contributed by atoms with van der Waals surface area (Å²) in [6, 6.07) is 8.00. The normalized spacial score (nSPS) is 14.5. The molecule has 0 saturated carbocycles. The number of ether oxygens (including phenoxy) is 1. The number of pyridine rings is 1. The maximum atomic E-state index is 13.8. The van der Waals surface area contributed by atoms with E-state index in [4.69, 9.17) is 10.5 Å². The van der Waals surface area contributed by atoms with E-state index in [-0.39, 0.29) is 29.4 Å². The molecule has 0 saturated heterocycles. The summed E-state index contributed by atoms with van der Waals surface area (Å²) in [5.74, 6) is -0.115. The second kappa shape index (κ2) is 8.85. The zero-order valence-corrected chi connectivity index (χ0v) is 18.3. The first-order chi connectivity index (χ1) is 15.2. The lowest BCUT2D eigenvalue weighted by Gasteiger charge is -2.27. The van der Waals surface area contributed by atoms with Crippen LogP contribution in [0, 0.1) is 5.92 Å². The smallest absolute Gasteiger partial charge is 0.419 e. The van der Waals surface area contributed by atoms with Gasteiger partial charge in [-0.2, -0.15) is 26.3 Å². The molecule has 0 fully saturated rings. The number of hydrogen-bond acceptors (Lipinski definition) is 3. The van der Waals surface area contributed by atoms with Crippen molar-refractivity contribution in [2.75, 3.05) is 6.61 Å². The number of hydrogen-bond donors (Lipinski definition) is 1. The van der Waals surface area contributed by atoms with Gasteiger partial charge in [-0.3, -0.25) is 4.98 Å². The van der Waals surface area contributed by atoms with Gasteiger partial charge < -0.3 is 10.5 Å². The molecule has 0 radical (unpaired) electrons. The van der Waals surface area contributed by atoms with Crippen molar-refractivity contribution in [2.24, 2.45) is 11.7 Å². The van der Waals surface area contributed by atoms with Crippen LogP contribution < -0.4 is 10.5 Å². The number of benzene rings is 2. The van der Waals surface area contributed by atoms with Crippen molar-refractivity contribution in [3.8, 4) is 16.9 Å². The molecule has 0 amide bonds. The molecule has 0 aliphatic rings. The van der Waals surface area contributed by atoms with Crippen LogP contribution in [0.15, 0.2) is 48.7 Å². The molecule has 0 aliphatic carbocycles. The Morgan fingerprint density at radius 2 is 1.64 bits per heavy atom. The third-order valence-electron chi connectivity index (χ3n) is 5.10. The van der Waals surface area contributed by atoms with Gasteiger partial charge in [0.15, 0.2) is 0 Å². The van der Waals surface area contributed by atoms with Crippen molar-refractivity contribution in [3.63, 3.8) is 0 Å². The van der Waals surface area contributed by atoms with E-state index in [0.717, 1.165) is 18.2 Å². The standard InChI is InChI=1S/C24H24F6N2O/c1-14(2)12-22(3,31)13-33-21-7-4-15(10-19(21)24(28,29)30)17-8-9-32-20-11-16(23(25,26)27)5-6-18(17)20/h4-11,14H,12-13,31H2,1-3H3/t22-/m0/s1. The predicted molar refractivity (Wildman–Crippen MR) is 115 cm³/mol. The minimum atomic E-state index is -4.71. The van der Waals surface area contributed by atoms with Gasteiger partial charge in [-0.1, -0.05) is 26.0 Å². The van der Waals surface area contributed by atoms with E-state index < -0.39 is 29.0 Å². The minimum absolute atomic E-state index is 0.0313. The van der Waals surface area contributed by atoms with E-state index >= 15 is 0 Å². The Balaban J connectivity index is 2.02. The van der Waals surface area contributed by atoms with E-state index in [1.54, 1.807) is 6.92 Å². The Labute approximate surface area is 187 Å². The molecule has 0 unspecified atom stereocenters. The van der Waals surface area contributed by atoms with E-state index in [2.05, 4.69) is 4.98 Å². The molecule has 0 aliphatic heterocycles. The van der Waals surface area contributed by atoms with Gasteiger partial charge in [0.25, 0.3) is 0 Å². The highest BCUT2D eigenvalue weighted by Crippen LogP contribution is 2.41. The van der Waals surface area contributed by atoms with E-state index in [1.165, 1.54) is 30.5 Å². The largest absolute Gasteiger partial charge is 0.491 e. The Bertz CT molecular complexity index is 1140. The highest BCUT2D eigenvalue weighted by Gasteiger charge is 2.36. The first-order valence-electron chi connectivity index (χ1n) is 10.3. The number of nitrogens with zero attached hydrogens (tertiary/aromatic N) is 1. The van der Waals surface area contributed by atoms with Crippen LogP contribution in [0.1, 0.15) is 38.3 Å². The Morgan fingerprint density at radius 1 is 0.939 bits per heavy atom. The van der Waals surface area contributed by atoms with Crippen molar-refractivity contribution in [1.82, 2.24) is 4.98 Å². The van der Waals surface area contributed by atoms with Gasteiger partial charge >= 0.3 is 12.4 Å². The van der Waals surface area contributed by atoms with Crippen LogP contribution in [-0.2, 0) is 12.4 Å². The van der Waals surface area contributed by atoms with Gasteiger partial charge in [-0.15, -0.1) is 0 Å². The number of nitrogens with two attached hydrogens (primary N) is 1. The lowest BCUT2D eigenvalue weighted by atomic mass is 9.93. The summed E-state index contributed by atoms with van der Waals surface area (Å²) in [6.45, 7) is 5.52. The Hall–Kier alpha value is -2.81. The lowest BCUT2D eigenvalue weighted by molar-refractivity contribution is -0.139. The third kappa shape index (κ3) is 5.96. The van der Waals surface area contributed by atoms with Gasteiger partial charge in [0.05, 0.1) is 16.6 Å². The second-order valence-corrected chi connectivity index (χ2v) is 8.84. The summed E-state index contributed by atoms with van der Waals surface area (Å²) >= 11 is 0. The third-order valence-corrected chi connectivity index (χ3v) is 5.10. The lowest BCUT2D eigenvalue weighted by Crippen LogP contribution is -2.43. The summed E-state index contributed by atoms with van der Waals surface area (Å²) in [6.07, 6.45) is -7.43. The van der Waals surface area contributed by atoms with Crippen molar-refractivity contribution in [2.45, 2.75) is 45.1 Å². The van der Waals surface area contributed by atoms with Crippen molar-refractivity contribution >= 4 is 10.9 Å². The van der Waals surface area contributed by atoms with Crippen LogP contribution in [0.25, 0.3) is 22.0 Å². The van der Waals surface area contributed by atoms with Crippen LogP contribution in [0.2, 0.25) is 0 Å². The van der Waals surface area contributed by atoms with Crippen LogP contribution in [0.5, 0.6) is 5.75 Å². The number of aromatic nitrogens is 1. The number of fused-ring (bicyclic) bond motifs is 1. The Morgan fingerprint density at radius 3 is 2.24 bits per heavy atom. The van der Waals surface area contributed by atoms with Gasteiger partial charge in [0, 0.05) is 17.1 Å². The van der Waals surface area contributed by atoms with E-state index in [0.29, 0.717) is 17.4 Å². The quantitative estimate of drug-likeness (QED) is 0.392. The molecule has 9 heteroatoms. The van der Waals surface area contributed by atoms with Gasteiger partial charge in [-0.05, 0) is 60.7 Å². The maximum absolute atomic E-state index is 13.8. The van der Waals surface area contributed by atoms with Gasteiger partial charge in [0.1, 0.15) is 12.4 Å². The molecule has 2 N–H and O–H groups in total. The molecule has 178 valence electrons. The van der Waals surface area contributed by atoms with Crippen molar-refractivity contribution in [3.05, 3.63) is 59.8 Å². The molecule has 3 nitrogen and oxygen atoms in total. The van der Waals surface area contributed by atoms with Gasteiger partial charge in [0.2, 0.25) is 0 Å². The van der Waals surface area contributed by atoms with Crippen LogP contribution in [0.4, 0.5) is 26.3 Å². The molecule has 1 aromatic heterocycles. The number of alkyl halides is 6. The van der Waals surface area contributed by atoms with E-state index in [1.807, 2.05) is 13.8 Å². The fourth-order valence-electron chi connectivity index (χ4n) is 3.86. The zero-order chi connectivity index (χ0) is 24.6. The average molecular weight is 470 g/mol. The zero-order valence-electron chi connectivity index (χ0n) is 18.3. The Kier molecular flexibility index (Phi) is 6.66. The number of halogens is 6. The molecule has 1 atom stereocenters. The molecule has 1 heterocycles. The van der Waals surface area contributed by atoms with Crippen molar-refractivity contribution < 1.29 is 31.1 Å². The van der Waals surface area contributed by atoms with E-state index in [9.17, 15) is 26.3 Å². The molecular weight excluding hydrogens is 446 g/mol. The second-order valence-electron chi connectivity index (χ2n) is 8.84. The molecule has 0 spiro atoms. The number of rotatable bonds is 6. The fraction of sp³-hybridized carbons (Fsp3) is 0.375. The highest BCUT2D eigenvalue weighted by atomic mass is 19.4. The maximum Gasteiger partial charge on any atom is 0.419 e. The summed E-state index contributed by atoms with van der Waals surface area (Å²) < 4.78 is 86.0. The summed E-state index contributed by atoms with van der Waals surface area (Å²) in [5.41, 5.74) is 4.01. The van der Waals surface area contributed by atoms with Crippen LogP contribution in [-0.4, -0.2) is 17.1 Å². The average Bonchev–Trinajstić information content (AvgIpc) is 2.69. The van der Waals surface area contributed by atoms with Crippen molar-refractivity contribution in [1.29, 1.82) is 0 Å². The first kappa shape index (κ1) is 24.8. The summed E-state index contributed by atoms with van der Waals surface area (Å²) in [7, 11) is 0. The predicted octanol–water partition coefficient (Wildman–Crippen LogP) is 7.08. The molecule has 3 aromatic rings. The SMILES string of the molecule is CC(C)C[C@](C)(N)COc1ccc(-c2ccnc3cc(C(F)(F)F)ccc23)cc1C(F)(F)F. The van der Waals surface area contributed by atoms with Crippen LogP contribution >= 0.6 is 0 Å². The topological polar surface area (TPSA) is 48.1 Å². The molecular formula is C24H24F6N2O. The molecule has 3 rings (SSSR count). The molecule has 2 aromatic carbocycles. The monoisotopic (exact) mass is 470 g/mol. The first-order valence-corrected chi connectivity index (χ1v) is 10.3. The molecule has 0 bridgehead atoms.